The number of hydrogen-bond donors (Lipinski definition) is 1. The van der Waals surface area contributed by atoms with Crippen LogP contribution in [0.5, 0.6) is 0 Å². The topological polar surface area (TPSA) is 15.3 Å². The first kappa shape index (κ1) is 21.5. The standard InChI is InChI=1S/C35H24N2S/c1-2-10-23(11-3-1)28-21-35(36-30-15-7-5-13-26(28)30)37-31-16-8-4-12-24(31)18-19-25-20-29-27-14-6-9-17-33(27)38-34(29)22-32(25)37/h1-22,35-36H. The molecule has 3 heteroatoms. The molecular weight excluding hydrogens is 480 g/mol. The van der Waals surface area contributed by atoms with E-state index in [9.17, 15) is 0 Å². The van der Waals surface area contributed by atoms with Crippen molar-refractivity contribution in [3.63, 3.8) is 0 Å². The summed E-state index contributed by atoms with van der Waals surface area (Å²) in [6.45, 7) is 0. The highest BCUT2D eigenvalue weighted by Crippen LogP contribution is 2.45. The minimum absolute atomic E-state index is 0.0632. The van der Waals surface area contributed by atoms with Crippen molar-refractivity contribution in [3.05, 3.63) is 144 Å². The lowest BCUT2D eigenvalue weighted by Gasteiger charge is -2.37. The average molecular weight is 505 g/mol. The van der Waals surface area contributed by atoms with Crippen molar-refractivity contribution in [1.82, 2.24) is 0 Å². The van der Waals surface area contributed by atoms with Crippen molar-refractivity contribution in [3.8, 4) is 0 Å². The van der Waals surface area contributed by atoms with E-state index in [4.69, 9.17) is 0 Å². The molecule has 0 saturated carbocycles. The van der Waals surface area contributed by atoms with Crippen LogP contribution in [-0.2, 0) is 0 Å². The van der Waals surface area contributed by atoms with Crippen LogP contribution in [0.3, 0.4) is 0 Å². The maximum Gasteiger partial charge on any atom is 0.124 e. The third-order valence-electron chi connectivity index (χ3n) is 7.63. The van der Waals surface area contributed by atoms with E-state index in [1.54, 1.807) is 0 Å². The molecule has 0 spiro atoms. The molecular formula is C35H24N2S. The summed E-state index contributed by atoms with van der Waals surface area (Å²) in [6.07, 6.45) is 6.86. The van der Waals surface area contributed by atoms with Gasteiger partial charge in [-0.15, -0.1) is 11.3 Å². The quantitative estimate of drug-likeness (QED) is 0.253. The highest BCUT2D eigenvalue weighted by Gasteiger charge is 2.29. The molecule has 0 radical (unpaired) electrons. The number of anilines is 3. The van der Waals surface area contributed by atoms with Crippen LogP contribution >= 0.6 is 11.3 Å². The zero-order chi connectivity index (χ0) is 25.1. The number of fused-ring (bicyclic) bond motifs is 6. The van der Waals surface area contributed by atoms with Gasteiger partial charge in [0.1, 0.15) is 6.17 Å². The Kier molecular flexibility index (Phi) is 4.79. The van der Waals surface area contributed by atoms with E-state index in [0.29, 0.717) is 0 Å². The van der Waals surface area contributed by atoms with Gasteiger partial charge in [-0.25, -0.2) is 0 Å². The predicted molar refractivity (Wildman–Crippen MR) is 164 cm³/mol. The summed E-state index contributed by atoms with van der Waals surface area (Å²) in [5.74, 6) is 0. The molecule has 6 aromatic rings. The Morgan fingerprint density at radius 1 is 0.605 bits per heavy atom. The summed E-state index contributed by atoms with van der Waals surface area (Å²) in [5.41, 5.74) is 9.72. The van der Waals surface area contributed by atoms with Crippen molar-refractivity contribution >= 4 is 66.3 Å². The molecule has 0 amide bonds. The van der Waals surface area contributed by atoms with Gasteiger partial charge in [-0.2, -0.15) is 0 Å². The van der Waals surface area contributed by atoms with Gasteiger partial charge in [0.25, 0.3) is 0 Å². The fraction of sp³-hybridized carbons (Fsp3) is 0.0286. The normalized spacial score (nSPS) is 15.8. The minimum atomic E-state index is -0.0632. The van der Waals surface area contributed by atoms with Gasteiger partial charge < -0.3 is 10.2 Å². The molecule has 3 heterocycles. The number of nitrogens with zero attached hydrogens (tertiary/aromatic N) is 1. The fourth-order valence-electron chi connectivity index (χ4n) is 5.88. The van der Waals surface area contributed by atoms with Crippen molar-refractivity contribution in [1.29, 1.82) is 0 Å². The Morgan fingerprint density at radius 2 is 1.37 bits per heavy atom. The van der Waals surface area contributed by atoms with E-state index in [1.807, 2.05) is 11.3 Å². The number of hydrogen-bond acceptors (Lipinski definition) is 3. The second-order valence-corrected chi connectivity index (χ2v) is 10.9. The molecule has 0 bridgehead atoms. The molecule has 0 saturated heterocycles. The Labute approximate surface area is 225 Å². The summed E-state index contributed by atoms with van der Waals surface area (Å²) in [7, 11) is 0. The highest BCUT2D eigenvalue weighted by atomic mass is 32.1. The molecule has 38 heavy (non-hydrogen) atoms. The second-order valence-electron chi connectivity index (χ2n) is 9.85. The zero-order valence-corrected chi connectivity index (χ0v) is 21.5. The van der Waals surface area contributed by atoms with E-state index in [0.717, 1.165) is 5.69 Å². The van der Waals surface area contributed by atoms with Gasteiger partial charge in [0.2, 0.25) is 0 Å². The van der Waals surface area contributed by atoms with Crippen molar-refractivity contribution < 1.29 is 0 Å². The third-order valence-corrected chi connectivity index (χ3v) is 8.77. The molecule has 2 aliphatic rings. The van der Waals surface area contributed by atoms with Gasteiger partial charge in [0.15, 0.2) is 0 Å². The van der Waals surface area contributed by atoms with Crippen LogP contribution in [0.25, 0.3) is 37.9 Å². The van der Waals surface area contributed by atoms with Crippen molar-refractivity contribution in [2.45, 2.75) is 6.17 Å². The van der Waals surface area contributed by atoms with Crippen LogP contribution in [0.1, 0.15) is 22.3 Å². The van der Waals surface area contributed by atoms with Gasteiger partial charge in [-0.3, -0.25) is 0 Å². The monoisotopic (exact) mass is 504 g/mol. The van der Waals surface area contributed by atoms with Crippen LogP contribution in [0.4, 0.5) is 17.1 Å². The molecule has 8 rings (SSSR count). The lowest BCUT2D eigenvalue weighted by atomic mass is 9.92. The molecule has 0 aliphatic carbocycles. The van der Waals surface area contributed by atoms with Gasteiger partial charge in [-0.05, 0) is 58.7 Å². The Bertz CT molecular complexity index is 1910. The molecule has 2 aliphatic heterocycles. The fourth-order valence-corrected chi connectivity index (χ4v) is 7.00. The first-order valence-corrected chi connectivity index (χ1v) is 13.8. The van der Waals surface area contributed by atoms with Gasteiger partial charge >= 0.3 is 0 Å². The molecule has 1 unspecified atom stereocenters. The van der Waals surface area contributed by atoms with E-state index in [1.165, 1.54) is 59.4 Å². The summed E-state index contributed by atoms with van der Waals surface area (Å²) < 4.78 is 2.64. The number of benzene rings is 5. The summed E-state index contributed by atoms with van der Waals surface area (Å²) in [4.78, 5) is 2.48. The Balaban J connectivity index is 1.38. The van der Waals surface area contributed by atoms with Crippen LogP contribution in [0.2, 0.25) is 0 Å². The number of nitrogens with one attached hydrogen (secondary N) is 1. The van der Waals surface area contributed by atoms with E-state index in [2.05, 4.69) is 144 Å². The van der Waals surface area contributed by atoms with Crippen LogP contribution < -0.4 is 10.2 Å². The largest absolute Gasteiger partial charge is 0.361 e. The molecule has 0 fully saturated rings. The van der Waals surface area contributed by atoms with E-state index >= 15 is 0 Å². The summed E-state index contributed by atoms with van der Waals surface area (Å²) in [6, 6.07) is 41.6. The first-order chi connectivity index (χ1) is 18.8. The summed E-state index contributed by atoms with van der Waals surface area (Å²) >= 11 is 1.87. The average Bonchev–Trinajstić information content (AvgIpc) is 3.25. The highest BCUT2D eigenvalue weighted by molar-refractivity contribution is 7.25. The summed E-state index contributed by atoms with van der Waals surface area (Å²) in [5, 5.41) is 6.52. The van der Waals surface area contributed by atoms with Crippen molar-refractivity contribution in [2.75, 3.05) is 10.2 Å². The zero-order valence-electron chi connectivity index (χ0n) is 20.6. The first-order valence-electron chi connectivity index (χ1n) is 13.0. The number of para-hydroxylation sites is 2. The van der Waals surface area contributed by atoms with Crippen LogP contribution in [0, 0.1) is 0 Å². The van der Waals surface area contributed by atoms with Crippen LogP contribution in [-0.4, -0.2) is 6.17 Å². The number of thiophene rings is 1. The maximum atomic E-state index is 3.88. The molecule has 1 N–H and O–H groups in total. The van der Waals surface area contributed by atoms with Gasteiger partial charge in [0, 0.05) is 31.4 Å². The van der Waals surface area contributed by atoms with Gasteiger partial charge in [0.05, 0.1) is 11.4 Å². The Morgan fingerprint density at radius 3 is 2.32 bits per heavy atom. The number of rotatable bonds is 2. The Hall–Kier alpha value is -4.60. The predicted octanol–water partition coefficient (Wildman–Crippen LogP) is 9.56. The molecule has 2 nitrogen and oxygen atoms in total. The molecule has 180 valence electrons. The van der Waals surface area contributed by atoms with E-state index in [-0.39, 0.29) is 6.17 Å². The van der Waals surface area contributed by atoms with Crippen LogP contribution in [0.15, 0.2) is 121 Å². The van der Waals surface area contributed by atoms with Crippen molar-refractivity contribution in [2.24, 2.45) is 0 Å². The SMILES string of the molecule is C1=Cc2cc3c(cc2N(C2C=C(c4ccccc4)c4ccccc4N2)c2ccccc21)sc1ccccc13. The smallest absolute Gasteiger partial charge is 0.124 e. The lowest BCUT2D eigenvalue weighted by molar-refractivity contribution is 0.872. The van der Waals surface area contributed by atoms with Gasteiger partial charge in [-0.1, -0.05) is 97.1 Å². The molecule has 5 aromatic carbocycles. The maximum absolute atomic E-state index is 3.88. The molecule has 1 atom stereocenters. The third kappa shape index (κ3) is 3.33. The van der Waals surface area contributed by atoms with E-state index < -0.39 is 0 Å². The molecule has 1 aromatic heterocycles. The lowest BCUT2D eigenvalue weighted by Crippen LogP contribution is -2.38. The second kappa shape index (κ2) is 8.47. The minimum Gasteiger partial charge on any atom is -0.361 e.